The predicted molar refractivity (Wildman–Crippen MR) is 97.3 cm³/mol. The van der Waals surface area contributed by atoms with Gasteiger partial charge in [0.2, 0.25) is 0 Å². The van der Waals surface area contributed by atoms with E-state index >= 15 is 0 Å². The van der Waals surface area contributed by atoms with Gasteiger partial charge in [0.25, 0.3) is 0 Å². The lowest BCUT2D eigenvalue weighted by atomic mass is 9.93. The molecule has 1 unspecified atom stereocenters. The van der Waals surface area contributed by atoms with Crippen LogP contribution in [0.4, 0.5) is 0 Å². The van der Waals surface area contributed by atoms with Crippen molar-refractivity contribution in [1.82, 2.24) is 4.90 Å². The zero-order chi connectivity index (χ0) is 16.9. The van der Waals surface area contributed by atoms with Crippen molar-refractivity contribution in [3.8, 4) is 0 Å². The van der Waals surface area contributed by atoms with Crippen LogP contribution in [0.1, 0.15) is 40.7 Å². The number of hydrogen-bond acceptors (Lipinski definition) is 2. The summed E-state index contributed by atoms with van der Waals surface area (Å²) in [6.07, 6.45) is 3.24. The summed E-state index contributed by atoms with van der Waals surface area (Å²) in [4.78, 5) is 13.8. The molecule has 2 aromatic rings. The minimum absolute atomic E-state index is 0.307. The van der Waals surface area contributed by atoms with Gasteiger partial charge < -0.3 is 5.11 Å². The van der Waals surface area contributed by atoms with Gasteiger partial charge in [-0.3, -0.25) is 4.90 Å². The fourth-order valence-electron chi connectivity index (χ4n) is 3.51. The summed E-state index contributed by atoms with van der Waals surface area (Å²) in [5.74, 6) is -0.522. The molecule has 1 heterocycles. The van der Waals surface area contributed by atoms with Crippen molar-refractivity contribution >= 4 is 12.0 Å². The van der Waals surface area contributed by atoms with Gasteiger partial charge in [-0.15, -0.1) is 0 Å². The van der Waals surface area contributed by atoms with Crippen molar-refractivity contribution in [3.63, 3.8) is 0 Å². The third kappa shape index (κ3) is 3.92. The molecular weight excluding hydrogens is 298 g/mol. The average molecular weight is 321 g/mol. The van der Waals surface area contributed by atoms with Crippen molar-refractivity contribution in [2.24, 2.45) is 0 Å². The highest BCUT2D eigenvalue weighted by atomic mass is 16.4. The molecule has 24 heavy (non-hydrogen) atoms. The Labute approximate surface area is 143 Å². The third-order valence-electron chi connectivity index (χ3n) is 4.59. The molecule has 1 fully saturated rings. The normalized spacial score (nSPS) is 18.7. The van der Waals surface area contributed by atoms with Crippen LogP contribution >= 0.6 is 0 Å². The van der Waals surface area contributed by atoms with Crippen LogP contribution < -0.4 is 0 Å². The summed E-state index contributed by atoms with van der Waals surface area (Å²) in [5, 5.41) is 9.38. The second-order valence-corrected chi connectivity index (χ2v) is 6.51. The molecule has 3 heteroatoms. The van der Waals surface area contributed by atoms with E-state index in [0.29, 0.717) is 11.5 Å². The highest BCUT2D eigenvalue weighted by Gasteiger charge is 2.26. The number of carboxylic acids is 1. The quantitative estimate of drug-likeness (QED) is 0.893. The van der Waals surface area contributed by atoms with Gasteiger partial charge in [0.15, 0.2) is 0 Å². The topological polar surface area (TPSA) is 40.5 Å². The summed E-state index contributed by atoms with van der Waals surface area (Å²) in [7, 11) is 0. The largest absolute Gasteiger partial charge is 0.478 e. The molecule has 0 aromatic heterocycles. The predicted octanol–water partition coefficient (Wildman–Crippen LogP) is 4.28. The zero-order valence-corrected chi connectivity index (χ0v) is 14.0. The first kappa shape index (κ1) is 16.5. The summed E-state index contributed by atoms with van der Waals surface area (Å²) in [5.41, 5.74) is 3.97. The number of carboxylic acid groups (broad SMARTS) is 1. The van der Waals surface area contributed by atoms with Crippen molar-refractivity contribution < 1.29 is 9.90 Å². The molecule has 0 bridgehead atoms. The molecule has 0 radical (unpaired) electrons. The maximum Gasteiger partial charge on any atom is 0.335 e. The Hall–Kier alpha value is -2.39. The average Bonchev–Trinajstić information content (AvgIpc) is 3.04. The van der Waals surface area contributed by atoms with Crippen LogP contribution in [-0.4, -0.2) is 35.6 Å². The lowest BCUT2D eigenvalue weighted by Gasteiger charge is -2.17. The van der Waals surface area contributed by atoms with Gasteiger partial charge in [-0.2, -0.15) is 0 Å². The van der Waals surface area contributed by atoms with E-state index in [4.69, 9.17) is 0 Å². The SMILES string of the molecule is CC(=Cc1ccccc1)CN1CCC(c2ccccc2C(=O)O)C1. The minimum atomic E-state index is -0.829. The molecule has 0 saturated carbocycles. The van der Waals surface area contributed by atoms with Crippen molar-refractivity contribution in [1.29, 1.82) is 0 Å². The van der Waals surface area contributed by atoms with E-state index in [9.17, 15) is 9.90 Å². The van der Waals surface area contributed by atoms with Crippen LogP contribution in [0.25, 0.3) is 6.08 Å². The van der Waals surface area contributed by atoms with Crippen LogP contribution in [0.5, 0.6) is 0 Å². The lowest BCUT2D eigenvalue weighted by Crippen LogP contribution is -2.22. The van der Waals surface area contributed by atoms with Crippen molar-refractivity contribution in [2.75, 3.05) is 19.6 Å². The first-order valence-electron chi connectivity index (χ1n) is 8.40. The van der Waals surface area contributed by atoms with E-state index in [-0.39, 0.29) is 0 Å². The van der Waals surface area contributed by atoms with Crippen LogP contribution in [0.15, 0.2) is 60.2 Å². The Morgan fingerprint density at radius 3 is 2.62 bits per heavy atom. The number of nitrogens with zero attached hydrogens (tertiary/aromatic N) is 1. The molecular formula is C21H23NO2. The molecule has 1 aliphatic heterocycles. The standard InChI is InChI=1S/C21H23NO2/c1-16(13-17-7-3-2-4-8-17)14-22-12-11-18(15-22)19-9-5-6-10-20(19)21(23)24/h2-10,13,18H,11-12,14-15H2,1H3,(H,23,24). The van der Waals surface area contributed by atoms with Gasteiger partial charge in [0, 0.05) is 13.1 Å². The summed E-state index contributed by atoms with van der Waals surface area (Å²) in [6, 6.07) is 17.8. The maximum absolute atomic E-state index is 11.4. The maximum atomic E-state index is 11.4. The van der Waals surface area contributed by atoms with Crippen LogP contribution in [-0.2, 0) is 0 Å². The molecule has 124 valence electrons. The number of rotatable bonds is 5. The fourth-order valence-corrected chi connectivity index (χ4v) is 3.51. The van der Waals surface area contributed by atoms with Gasteiger partial charge >= 0.3 is 5.97 Å². The fraction of sp³-hybridized carbons (Fsp3) is 0.286. The number of carbonyl (C=O) groups is 1. The van der Waals surface area contributed by atoms with Gasteiger partial charge in [0.1, 0.15) is 0 Å². The van der Waals surface area contributed by atoms with Gasteiger partial charge in [-0.25, -0.2) is 4.79 Å². The Balaban J connectivity index is 1.66. The lowest BCUT2D eigenvalue weighted by molar-refractivity contribution is 0.0695. The van der Waals surface area contributed by atoms with Gasteiger partial charge in [0.05, 0.1) is 5.56 Å². The first-order chi connectivity index (χ1) is 11.6. The van der Waals surface area contributed by atoms with E-state index in [1.54, 1.807) is 12.1 Å². The molecule has 0 amide bonds. The summed E-state index contributed by atoms with van der Waals surface area (Å²) >= 11 is 0. The van der Waals surface area contributed by atoms with E-state index in [2.05, 4.69) is 30.0 Å². The Kier molecular flexibility index (Phi) is 5.11. The second kappa shape index (κ2) is 7.45. The molecule has 3 rings (SSSR count). The van der Waals surface area contributed by atoms with Crippen LogP contribution in [0.2, 0.25) is 0 Å². The molecule has 1 saturated heterocycles. The van der Waals surface area contributed by atoms with E-state index in [1.807, 2.05) is 30.3 Å². The minimum Gasteiger partial charge on any atom is -0.478 e. The highest BCUT2D eigenvalue weighted by Crippen LogP contribution is 2.30. The molecule has 0 spiro atoms. The molecule has 3 nitrogen and oxygen atoms in total. The molecule has 2 aromatic carbocycles. The third-order valence-corrected chi connectivity index (χ3v) is 4.59. The zero-order valence-electron chi connectivity index (χ0n) is 14.0. The number of aromatic carboxylic acids is 1. The smallest absolute Gasteiger partial charge is 0.335 e. The Bertz CT molecular complexity index is 737. The molecule has 1 N–H and O–H groups in total. The first-order valence-corrected chi connectivity index (χ1v) is 8.40. The highest BCUT2D eigenvalue weighted by molar-refractivity contribution is 5.89. The van der Waals surface area contributed by atoms with Gasteiger partial charge in [-0.1, -0.05) is 60.2 Å². The number of benzene rings is 2. The van der Waals surface area contributed by atoms with E-state index < -0.39 is 5.97 Å². The van der Waals surface area contributed by atoms with Crippen molar-refractivity contribution in [2.45, 2.75) is 19.3 Å². The summed E-state index contributed by atoms with van der Waals surface area (Å²) < 4.78 is 0. The van der Waals surface area contributed by atoms with E-state index in [1.165, 1.54) is 11.1 Å². The van der Waals surface area contributed by atoms with Crippen LogP contribution in [0, 0.1) is 0 Å². The molecule has 1 aliphatic rings. The number of hydrogen-bond donors (Lipinski definition) is 1. The molecule has 1 atom stereocenters. The van der Waals surface area contributed by atoms with E-state index in [0.717, 1.165) is 31.6 Å². The second-order valence-electron chi connectivity index (χ2n) is 6.51. The van der Waals surface area contributed by atoms with Gasteiger partial charge in [-0.05, 0) is 43.0 Å². The number of likely N-dealkylation sites (tertiary alicyclic amines) is 1. The monoisotopic (exact) mass is 321 g/mol. The molecule has 0 aliphatic carbocycles. The van der Waals surface area contributed by atoms with Crippen molar-refractivity contribution in [3.05, 3.63) is 76.9 Å². The Morgan fingerprint density at radius 1 is 1.17 bits per heavy atom. The summed E-state index contributed by atoms with van der Waals surface area (Å²) in [6.45, 7) is 5.02. The van der Waals surface area contributed by atoms with Crippen LogP contribution in [0.3, 0.4) is 0 Å². The Morgan fingerprint density at radius 2 is 1.88 bits per heavy atom.